The van der Waals surface area contributed by atoms with Crippen LogP contribution in [0.2, 0.25) is 0 Å². The summed E-state index contributed by atoms with van der Waals surface area (Å²) >= 11 is 3.61. The van der Waals surface area contributed by atoms with Gasteiger partial charge in [0.25, 0.3) is 0 Å². The molecule has 4 heteroatoms. The zero-order valence-electron chi connectivity index (χ0n) is 11.2. The van der Waals surface area contributed by atoms with Crippen LogP contribution >= 0.6 is 15.9 Å². The zero-order chi connectivity index (χ0) is 13.1. The van der Waals surface area contributed by atoms with E-state index in [1.54, 1.807) is 0 Å². The van der Waals surface area contributed by atoms with Crippen molar-refractivity contribution in [3.05, 3.63) is 22.2 Å². The lowest BCUT2D eigenvalue weighted by atomic mass is 10.1. The Hall–Kier alpha value is -0.740. The van der Waals surface area contributed by atoms with E-state index in [1.807, 2.05) is 6.07 Å². The topological polar surface area (TPSA) is 21.7 Å². The minimum atomic E-state index is 0.574. The quantitative estimate of drug-likeness (QED) is 0.850. The molecule has 0 fully saturated rings. The average Bonchev–Trinajstić information content (AvgIpc) is 2.38. The van der Waals surface area contributed by atoms with Crippen molar-refractivity contribution >= 4 is 15.9 Å². The van der Waals surface area contributed by atoms with Gasteiger partial charge in [-0.1, -0.05) is 22.9 Å². The number of nitrogens with zero attached hydrogens (tertiary/aromatic N) is 1. The number of hydrogen-bond donors (Lipinski definition) is 0. The Bertz CT molecular complexity index is 423. The summed E-state index contributed by atoms with van der Waals surface area (Å²) < 4.78 is 12.3. The minimum Gasteiger partial charge on any atom is -0.486 e. The van der Waals surface area contributed by atoms with Gasteiger partial charge in [-0.25, -0.2) is 0 Å². The van der Waals surface area contributed by atoms with Gasteiger partial charge in [-0.15, -0.1) is 0 Å². The molecule has 1 unspecified atom stereocenters. The summed E-state index contributed by atoms with van der Waals surface area (Å²) in [5.41, 5.74) is 1.24. The summed E-state index contributed by atoms with van der Waals surface area (Å²) in [4.78, 5) is 2.34. The lowest BCUT2D eigenvalue weighted by Gasteiger charge is -2.25. The zero-order valence-corrected chi connectivity index (χ0v) is 12.8. The van der Waals surface area contributed by atoms with Crippen molar-refractivity contribution in [3.8, 4) is 11.5 Å². The van der Waals surface area contributed by atoms with Gasteiger partial charge in [0.05, 0.1) is 0 Å². The van der Waals surface area contributed by atoms with Crippen LogP contribution in [0, 0.1) is 0 Å². The second-order valence-electron chi connectivity index (χ2n) is 4.76. The highest BCUT2D eigenvalue weighted by Gasteiger charge is 2.16. The molecule has 18 heavy (non-hydrogen) atoms. The van der Waals surface area contributed by atoms with E-state index in [9.17, 15) is 0 Å². The van der Waals surface area contributed by atoms with Crippen LogP contribution in [-0.2, 0) is 6.54 Å². The Morgan fingerprint density at radius 2 is 1.89 bits per heavy atom. The Kier molecular flexibility index (Phi) is 4.51. The third kappa shape index (κ3) is 2.98. The van der Waals surface area contributed by atoms with E-state index < -0.39 is 0 Å². The average molecular weight is 314 g/mol. The van der Waals surface area contributed by atoms with Gasteiger partial charge in [0.2, 0.25) is 0 Å². The first-order valence-electron chi connectivity index (χ1n) is 6.40. The monoisotopic (exact) mass is 313 g/mol. The van der Waals surface area contributed by atoms with Gasteiger partial charge < -0.3 is 9.47 Å². The fourth-order valence-electron chi connectivity index (χ4n) is 1.96. The van der Waals surface area contributed by atoms with Crippen molar-refractivity contribution in [2.75, 3.05) is 20.3 Å². The molecule has 100 valence electrons. The molecule has 0 spiro atoms. The number of rotatable bonds is 4. The van der Waals surface area contributed by atoms with Crippen LogP contribution in [-0.4, -0.2) is 31.2 Å². The van der Waals surface area contributed by atoms with E-state index in [0.717, 1.165) is 28.9 Å². The largest absolute Gasteiger partial charge is 0.486 e. The van der Waals surface area contributed by atoms with E-state index >= 15 is 0 Å². The summed E-state index contributed by atoms with van der Waals surface area (Å²) in [6, 6.07) is 4.66. The van der Waals surface area contributed by atoms with E-state index in [-0.39, 0.29) is 0 Å². The molecule has 1 aromatic rings. The summed E-state index contributed by atoms with van der Waals surface area (Å²) in [7, 11) is 2.15. The number of ether oxygens (including phenoxy) is 2. The predicted molar refractivity (Wildman–Crippen MR) is 76.4 cm³/mol. The lowest BCUT2D eigenvalue weighted by Crippen LogP contribution is -2.28. The van der Waals surface area contributed by atoms with Gasteiger partial charge in [0.15, 0.2) is 11.5 Å². The molecular weight excluding hydrogens is 294 g/mol. The first kappa shape index (κ1) is 13.7. The van der Waals surface area contributed by atoms with Gasteiger partial charge in [0, 0.05) is 17.1 Å². The fraction of sp³-hybridized carbons (Fsp3) is 0.571. The Morgan fingerprint density at radius 1 is 1.28 bits per heavy atom. The van der Waals surface area contributed by atoms with Crippen LogP contribution in [0.25, 0.3) is 0 Å². The fourth-order valence-corrected chi connectivity index (χ4v) is 2.41. The molecule has 0 amide bonds. The lowest BCUT2D eigenvalue weighted by molar-refractivity contribution is 0.170. The van der Waals surface area contributed by atoms with Crippen LogP contribution in [0.15, 0.2) is 16.6 Å². The van der Waals surface area contributed by atoms with Crippen LogP contribution in [0.5, 0.6) is 11.5 Å². The Labute approximate surface area is 117 Å². The molecule has 0 saturated carbocycles. The van der Waals surface area contributed by atoms with Crippen molar-refractivity contribution in [1.29, 1.82) is 0 Å². The van der Waals surface area contributed by atoms with E-state index in [0.29, 0.717) is 19.3 Å². The summed E-state index contributed by atoms with van der Waals surface area (Å²) in [5.74, 6) is 1.69. The normalized spacial score (nSPS) is 15.8. The van der Waals surface area contributed by atoms with Gasteiger partial charge in [-0.05, 0) is 38.1 Å². The highest BCUT2D eigenvalue weighted by molar-refractivity contribution is 9.10. The third-order valence-electron chi connectivity index (χ3n) is 3.47. The highest BCUT2D eigenvalue weighted by atomic mass is 79.9. The molecule has 0 N–H and O–H groups in total. The molecule has 0 saturated heterocycles. The Balaban J connectivity index is 2.18. The van der Waals surface area contributed by atoms with E-state index in [1.165, 1.54) is 5.56 Å². The second-order valence-corrected chi connectivity index (χ2v) is 5.61. The minimum absolute atomic E-state index is 0.574. The van der Waals surface area contributed by atoms with Gasteiger partial charge >= 0.3 is 0 Å². The molecule has 2 rings (SSSR count). The molecule has 1 aliphatic heterocycles. The maximum atomic E-state index is 5.62. The predicted octanol–water partition coefficient (Wildman–Crippen LogP) is 3.45. The van der Waals surface area contributed by atoms with Gasteiger partial charge in [-0.2, -0.15) is 0 Å². The van der Waals surface area contributed by atoms with Crippen molar-refractivity contribution in [2.45, 2.75) is 32.9 Å². The maximum Gasteiger partial charge on any atom is 0.162 e. The van der Waals surface area contributed by atoms with Crippen LogP contribution in [0.3, 0.4) is 0 Å². The number of hydrogen-bond acceptors (Lipinski definition) is 3. The van der Waals surface area contributed by atoms with Crippen molar-refractivity contribution in [1.82, 2.24) is 4.90 Å². The highest BCUT2D eigenvalue weighted by Crippen LogP contribution is 2.36. The van der Waals surface area contributed by atoms with Crippen LogP contribution in [0.4, 0.5) is 0 Å². The van der Waals surface area contributed by atoms with Crippen molar-refractivity contribution < 1.29 is 9.47 Å². The molecule has 1 aliphatic rings. The molecule has 0 aromatic heterocycles. The van der Waals surface area contributed by atoms with Gasteiger partial charge in [0.1, 0.15) is 13.2 Å². The van der Waals surface area contributed by atoms with E-state index in [4.69, 9.17) is 9.47 Å². The van der Waals surface area contributed by atoms with Crippen LogP contribution < -0.4 is 9.47 Å². The third-order valence-corrected chi connectivity index (χ3v) is 4.21. The molecule has 0 bridgehead atoms. The standard InChI is InChI=1S/C14H20BrNO2/c1-4-10(2)16(3)9-11-7-13-14(8-12(11)15)18-6-5-17-13/h7-8,10H,4-6,9H2,1-3H3. The van der Waals surface area contributed by atoms with Crippen molar-refractivity contribution in [2.24, 2.45) is 0 Å². The second kappa shape index (κ2) is 5.93. The SMILES string of the molecule is CCC(C)N(C)Cc1cc2c(cc1Br)OCCO2. The number of halogens is 1. The van der Waals surface area contributed by atoms with Crippen LogP contribution in [0.1, 0.15) is 25.8 Å². The smallest absolute Gasteiger partial charge is 0.162 e. The summed E-state index contributed by atoms with van der Waals surface area (Å²) in [6.07, 6.45) is 1.15. The van der Waals surface area contributed by atoms with Crippen molar-refractivity contribution in [3.63, 3.8) is 0 Å². The molecular formula is C14H20BrNO2. The van der Waals surface area contributed by atoms with Gasteiger partial charge in [-0.3, -0.25) is 4.90 Å². The molecule has 1 atom stereocenters. The maximum absolute atomic E-state index is 5.62. The number of benzene rings is 1. The molecule has 1 aromatic carbocycles. The number of fused-ring (bicyclic) bond motifs is 1. The first-order chi connectivity index (χ1) is 8.61. The molecule has 0 aliphatic carbocycles. The Morgan fingerprint density at radius 3 is 2.50 bits per heavy atom. The molecule has 1 heterocycles. The molecule has 0 radical (unpaired) electrons. The summed E-state index contributed by atoms with van der Waals surface area (Å²) in [5, 5.41) is 0. The summed E-state index contributed by atoms with van der Waals surface area (Å²) in [6.45, 7) is 6.62. The van der Waals surface area contributed by atoms with E-state index in [2.05, 4.69) is 47.8 Å². The molecule has 3 nitrogen and oxygen atoms in total. The first-order valence-corrected chi connectivity index (χ1v) is 7.19.